The van der Waals surface area contributed by atoms with Crippen molar-refractivity contribution in [3.63, 3.8) is 0 Å². The topological polar surface area (TPSA) is 37.4 Å². The molecule has 2 unspecified atom stereocenters. The second-order valence-corrected chi connectivity index (χ2v) is 8.39. The number of sulfonamides is 1. The van der Waals surface area contributed by atoms with Gasteiger partial charge in [0.25, 0.3) is 0 Å². The third kappa shape index (κ3) is 2.96. The third-order valence-corrected chi connectivity index (χ3v) is 6.23. The van der Waals surface area contributed by atoms with Crippen molar-refractivity contribution < 1.29 is 8.42 Å². The van der Waals surface area contributed by atoms with E-state index in [4.69, 9.17) is 11.6 Å². The number of halogens is 1. The van der Waals surface area contributed by atoms with Crippen LogP contribution in [0, 0.1) is 5.92 Å². The molecule has 5 heteroatoms. The van der Waals surface area contributed by atoms with Crippen molar-refractivity contribution in [1.82, 2.24) is 4.31 Å². The summed E-state index contributed by atoms with van der Waals surface area (Å²) in [5, 5.41) is 0.170. The Morgan fingerprint density at radius 2 is 1.76 bits per heavy atom. The van der Waals surface area contributed by atoms with Crippen LogP contribution in [0.25, 0.3) is 0 Å². The smallest absolute Gasteiger partial charge is 0.212 e. The molecule has 2 heterocycles. The Morgan fingerprint density at radius 1 is 1.24 bits per heavy atom. The highest BCUT2D eigenvalue weighted by atomic mass is 35.5. The maximum absolute atomic E-state index is 12.3. The normalized spacial score (nSPS) is 34.5. The summed E-state index contributed by atoms with van der Waals surface area (Å²) in [6.45, 7) is 4.13. The number of piperidine rings is 1. The SMILES string of the molecule is CC(C)CCS(=O)(=O)N1C2CCC1CC(Cl)C2. The number of alkyl halides is 1. The van der Waals surface area contributed by atoms with Gasteiger partial charge in [0.1, 0.15) is 0 Å². The average molecular weight is 280 g/mol. The number of rotatable bonds is 4. The van der Waals surface area contributed by atoms with Gasteiger partial charge in [-0.1, -0.05) is 13.8 Å². The van der Waals surface area contributed by atoms with E-state index >= 15 is 0 Å². The number of hydrogen-bond acceptors (Lipinski definition) is 2. The van der Waals surface area contributed by atoms with Gasteiger partial charge in [-0.25, -0.2) is 8.42 Å². The molecular weight excluding hydrogens is 258 g/mol. The summed E-state index contributed by atoms with van der Waals surface area (Å²) in [4.78, 5) is 0. The fourth-order valence-corrected chi connectivity index (χ4v) is 5.69. The second-order valence-electron chi connectivity index (χ2n) is 5.78. The highest BCUT2D eigenvalue weighted by molar-refractivity contribution is 7.89. The lowest BCUT2D eigenvalue weighted by Crippen LogP contribution is -2.47. The highest BCUT2D eigenvalue weighted by Crippen LogP contribution is 2.39. The van der Waals surface area contributed by atoms with E-state index in [2.05, 4.69) is 13.8 Å². The minimum atomic E-state index is -3.06. The van der Waals surface area contributed by atoms with Crippen molar-refractivity contribution >= 4 is 21.6 Å². The molecule has 0 N–H and O–H groups in total. The van der Waals surface area contributed by atoms with Gasteiger partial charge in [0.15, 0.2) is 0 Å². The van der Waals surface area contributed by atoms with Crippen molar-refractivity contribution in [2.24, 2.45) is 5.92 Å². The predicted molar refractivity (Wildman–Crippen MR) is 70.8 cm³/mol. The first-order chi connectivity index (χ1) is 7.90. The molecule has 0 aromatic rings. The van der Waals surface area contributed by atoms with Crippen molar-refractivity contribution in [3.05, 3.63) is 0 Å². The molecule has 17 heavy (non-hydrogen) atoms. The van der Waals surface area contributed by atoms with Gasteiger partial charge in [-0.15, -0.1) is 11.6 Å². The summed E-state index contributed by atoms with van der Waals surface area (Å²) >= 11 is 6.17. The molecule has 2 saturated heterocycles. The molecule has 2 rings (SSSR count). The number of fused-ring (bicyclic) bond motifs is 2. The molecule has 2 fully saturated rings. The molecule has 0 radical (unpaired) electrons. The molecule has 0 aliphatic carbocycles. The zero-order chi connectivity index (χ0) is 12.6. The van der Waals surface area contributed by atoms with Crippen LogP contribution < -0.4 is 0 Å². The Balaban J connectivity index is 2.07. The largest absolute Gasteiger partial charge is 0.214 e. The van der Waals surface area contributed by atoms with Gasteiger partial charge in [-0.3, -0.25) is 0 Å². The molecule has 2 atom stereocenters. The van der Waals surface area contributed by atoms with E-state index in [0.29, 0.717) is 11.7 Å². The summed E-state index contributed by atoms with van der Waals surface area (Å²) in [5.41, 5.74) is 0. The van der Waals surface area contributed by atoms with Crippen LogP contribution in [0.15, 0.2) is 0 Å². The first-order valence-corrected chi connectivity index (χ1v) is 8.60. The minimum Gasteiger partial charge on any atom is -0.212 e. The lowest BCUT2D eigenvalue weighted by atomic mass is 10.1. The van der Waals surface area contributed by atoms with Crippen molar-refractivity contribution in [3.8, 4) is 0 Å². The van der Waals surface area contributed by atoms with Crippen molar-refractivity contribution in [1.29, 1.82) is 0 Å². The monoisotopic (exact) mass is 279 g/mol. The Bertz CT molecular complexity index is 355. The number of hydrogen-bond donors (Lipinski definition) is 0. The lowest BCUT2D eigenvalue weighted by Gasteiger charge is -2.36. The van der Waals surface area contributed by atoms with Crippen LogP contribution in [-0.2, 0) is 10.0 Å². The van der Waals surface area contributed by atoms with Crippen LogP contribution in [-0.4, -0.2) is 35.9 Å². The van der Waals surface area contributed by atoms with Crippen molar-refractivity contribution in [2.45, 2.75) is 63.4 Å². The summed E-state index contributed by atoms with van der Waals surface area (Å²) in [7, 11) is -3.06. The Labute approximate surface area is 110 Å². The van der Waals surface area contributed by atoms with E-state index in [1.165, 1.54) is 0 Å². The van der Waals surface area contributed by atoms with Gasteiger partial charge >= 0.3 is 0 Å². The maximum atomic E-state index is 12.3. The maximum Gasteiger partial charge on any atom is 0.214 e. The first kappa shape index (κ1) is 13.6. The molecule has 2 aliphatic rings. The first-order valence-electron chi connectivity index (χ1n) is 6.55. The molecule has 2 aliphatic heterocycles. The molecule has 0 amide bonds. The lowest BCUT2D eigenvalue weighted by molar-refractivity contribution is 0.250. The molecule has 100 valence electrons. The quantitative estimate of drug-likeness (QED) is 0.742. The van der Waals surface area contributed by atoms with Crippen LogP contribution >= 0.6 is 11.6 Å². The van der Waals surface area contributed by atoms with Gasteiger partial charge in [-0.2, -0.15) is 4.31 Å². The molecule has 0 saturated carbocycles. The molecule has 0 aromatic carbocycles. The molecule has 0 spiro atoms. The van der Waals surface area contributed by atoms with E-state index in [9.17, 15) is 8.42 Å². The van der Waals surface area contributed by atoms with Crippen LogP contribution in [0.5, 0.6) is 0 Å². The van der Waals surface area contributed by atoms with Gasteiger partial charge in [0.2, 0.25) is 10.0 Å². The van der Waals surface area contributed by atoms with E-state index in [0.717, 1.165) is 32.1 Å². The zero-order valence-corrected chi connectivity index (χ0v) is 12.2. The van der Waals surface area contributed by atoms with Crippen LogP contribution in [0.1, 0.15) is 46.0 Å². The molecular formula is C12H22ClNO2S. The number of nitrogens with zero attached hydrogens (tertiary/aromatic N) is 1. The standard InChI is InChI=1S/C12H22ClNO2S/c1-9(2)5-6-17(15,16)14-11-3-4-12(14)8-10(13)7-11/h9-12H,3-8H2,1-2H3. The van der Waals surface area contributed by atoms with Crippen molar-refractivity contribution in [2.75, 3.05) is 5.75 Å². The predicted octanol–water partition coefficient (Wildman–Crippen LogP) is 2.60. The van der Waals surface area contributed by atoms with Gasteiger partial charge in [0, 0.05) is 17.5 Å². The highest BCUT2D eigenvalue weighted by Gasteiger charge is 2.45. The fraction of sp³-hybridized carbons (Fsp3) is 1.00. The van der Waals surface area contributed by atoms with Gasteiger partial charge in [-0.05, 0) is 38.0 Å². The summed E-state index contributed by atoms with van der Waals surface area (Å²) in [6, 6.07) is 0.349. The Morgan fingerprint density at radius 3 is 2.24 bits per heavy atom. The van der Waals surface area contributed by atoms with Crippen LogP contribution in [0.3, 0.4) is 0 Å². The van der Waals surface area contributed by atoms with Gasteiger partial charge < -0.3 is 0 Å². The minimum absolute atomic E-state index is 0.170. The molecule has 2 bridgehead atoms. The van der Waals surface area contributed by atoms with Crippen LogP contribution in [0.2, 0.25) is 0 Å². The van der Waals surface area contributed by atoms with Gasteiger partial charge in [0.05, 0.1) is 5.75 Å². The third-order valence-electron chi connectivity index (χ3n) is 3.88. The molecule has 0 aromatic heterocycles. The summed E-state index contributed by atoms with van der Waals surface area (Å²) in [5.74, 6) is 0.734. The van der Waals surface area contributed by atoms with E-state index in [1.54, 1.807) is 4.31 Å². The summed E-state index contributed by atoms with van der Waals surface area (Å²) < 4.78 is 26.5. The second kappa shape index (κ2) is 5.06. The average Bonchev–Trinajstić information content (AvgIpc) is 2.50. The zero-order valence-electron chi connectivity index (χ0n) is 10.6. The molecule has 3 nitrogen and oxygen atoms in total. The van der Waals surface area contributed by atoms with E-state index in [1.807, 2.05) is 0 Å². The van der Waals surface area contributed by atoms with Crippen LogP contribution in [0.4, 0.5) is 0 Å². The fourth-order valence-electron chi connectivity index (χ4n) is 3.01. The van der Waals surface area contributed by atoms with E-state index in [-0.39, 0.29) is 17.5 Å². The van der Waals surface area contributed by atoms with E-state index < -0.39 is 10.0 Å². The Kier molecular flexibility index (Phi) is 4.06. The Hall–Kier alpha value is 0.200. The summed E-state index contributed by atoms with van der Waals surface area (Å²) in [6.07, 6.45) is 4.41.